The molecule has 162 valence electrons. The third kappa shape index (κ3) is 3.83. The zero-order valence-electron chi connectivity index (χ0n) is 18.5. The van der Waals surface area contributed by atoms with Crippen LogP contribution in [0.5, 0.6) is 5.75 Å². The maximum Gasteiger partial charge on any atom is 0.282 e. The number of ether oxygens (including phenoxy) is 1. The number of methoxy groups -OCH3 is 1. The Hall–Kier alpha value is -4.06. The number of aryl methyl sites for hydroxylation is 1. The fraction of sp³-hybridized carbons (Fsp3) is 0.154. The van der Waals surface area contributed by atoms with Crippen LogP contribution in [0.15, 0.2) is 78.5 Å². The first kappa shape index (κ1) is 21.2. The largest absolute Gasteiger partial charge is 0.496 e. The normalized spacial score (nSPS) is 13.6. The number of anilines is 3. The van der Waals surface area contributed by atoms with Gasteiger partial charge in [-0.25, -0.2) is 4.90 Å². The molecule has 1 N–H and O–H groups in total. The minimum Gasteiger partial charge on any atom is -0.496 e. The van der Waals surface area contributed by atoms with E-state index in [4.69, 9.17) is 4.74 Å². The van der Waals surface area contributed by atoms with Crippen molar-refractivity contribution < 1.29 is 14.3 Å². The molecule has 1 heterocycles. The van der Waals surface area contributed by atoms with Gasteiger partial charge in [-0.1, -0.05) is 36.4 Å². The summed E-state index contributed by atoms with van der Waals surface area (Å²) < 4.78 is 5.50. The van der Waals surface area contributed by atoms with Crippen molar-refractivity contribution in [1.82, 2.24) is 0 Å². The lowest BCUT2D eigenvalue weighted by atomic mass is 10.0. The lowest BCUT2D eigenvalue weighted by molar-refractivity contribution is -0.120. The molecule has 0 bridgehead atoms. The second-order valence-corrected chi connectivity index (χ2v) is 7.80. The molecule has 0 aliphatic carbocycles. The van der Waals surface area contributed by atoms with Crippen LogP contribution in [0.2, 0.25) is 0 Å². The molecule has 6 nitrogen and oxygen atoms in total. The first-order valence-electron chi connectivity index (χ1n) is 10.3. The summed E-state index contributed by atoms with van der Waals surface area (Å²) in [6, 6.07) is 22.2. The van der Waals surface area contributed by atoms with Crippen molar-refractivity contribution >= 4 is 34.4 Å². The Bertz CT molecular complexity index is 1230. The van der Waals surface area contributed by atoms with Crippen LogP contribution in [0, 0.1) is 6.92 Å². The number of benzene rings is 3. The summed E-state index contributed by atoms with van der Waals surface area (Å²) in [5.41, 5.74) is 4.25. The van der Waals surface area contributed by atoms with Crippen LogP contribution in [-0.4, -0.2) is 33.0 Å². The summed E-state index contributed by atoms with van der Waals surface area (Å²) in [5.74, 6) is -0.282. The van der Waals surface area contributed by atoms with Crippen molar-refractivity contribution in [1.29, 1.82) is 0 Å². The van der Waals surface area contributed by atoms with Gasteiger partial charge >= 0.3 is 0 Å². The lowest BCUT2D eigenvalue weighted by Crippen LogP contribution is -2.32. The molecule has 4 rings (SSSR count). The van der Waals surface area contributed by atoms with Crippen LogP contribution in [0.1, 0.15) is 11.1 Å². The Labute approximate surface area is 187 Å². The van der Waals surface area contributed by atoms with E-state index in [-0.39, 0.29) is 11.3 Å². The van der Waals surface area contributed by atoms with E-state index >= 15 is 0 Å². The molecule has 0 saturated heterocycles. The SMILES string of the molecule is COc1ccccc1C1=C(Nc2cccc(C)c2)C(=O)N(c2cccc(N(C)C)c2)C1=O. The topological polar surface area (TPSA) is 61.9 Å². The fourth-order valence-electron chi connectivity index (χ4n) is 3.76. The van der Waals surface area contributed by atoms with Gasteiger partial charge in [0.1, 0.15) is 11.4 Å². The number of carbonyl (C=O) groups is 2. The third-order valence-corrected chi connectivity index (χ3v) is 5.35. The number of hydrogen-bond donors (Lipinski definition) is 1. The first-order chi connectivity index (χ1) is 15.4. The second-order valence-electron chi connectivity index (χ2n) is 7.80. The summed E-state index contributed by atoms with van der Waals surface area (Å²) in [4.78, 5) is 30.4. The number of para-hydroxylation sites is 1. The van der Waals surface area contributed by atoms with E-state index in [0.29, 0.717) is 17.0 Å². The first-order valence-corrected chi connectivity index (χ1v) is 10.3. The van der Waals surface area contributed by atoms with Gasteiger partial charge in [0.05, 0.1) is 18.4 Å². The Morgan fingerprint density at radius 2 is 1.62 bits per heavy atom. The van der Waals surface area contributed by atoms with Crippen molar-refractivity contribution in [3.8, 4) is 5.75 Å². The average Bonchev–Trinajstić information content (AvgIpc) is 3.03. The minimum absolute atomic E-state index is 0.223. The Morgan fingerprint density at radius 3 is 2.34 bits per heavy atom. The quantitative estimate of drug-likeness (QED) is 0.589. The zero-order valence-corrected chi connectivity index (χ0v) is 18.5. The predicted molar refractivity (Wildman–Crippen MR) is 128 cm³/mol. The Balaban J connectivity index is 1.86. The van der Waals surface area contributed by atoms with Gasteiger partial charge < -0.3 is 15.0 Å². The van der Waals surface area contributed by atoms with E-state index < -0.39 is 11.8 Å². The van der Waals surface area contributed by atoms with Gasteiger partial charge in [-0.15, -0.1) is 0 Å². The standard InChI is InChI=1S/C26H25N3O3/c1-17-9-7-10-18(15-17)27-24-23(21-13-5-6-14-22(21)32-4)25(30)29(26(24)31)20-12-8-11-19(16-20)28(2)3/h5-16,27H,1-4H3. The van der Waals surface area contributed by atoms with Crippen molar-refractivity contribution in [3.63, 3.8) is 0 Å². The fourth-order valence-corrected chi connectivity index (χ4v) is 3.76. The molecule has 3 aromatic carbocycles. The molecule has 0 spiro atoms. The number of nitrogens with one attached hydrogen (secondary N) is 1. The van der Waals surface area contributed by atoms with Gasteiger partial charge in [0, 0.05) is 31.0 Å². The van der Waals surface area contributed by atoms with Crippen LogP contribution < -0.4 is 19.9 Å². The summed E-state index contributed by atoms with van der Waals surface area (Å²) in [7, 11) is 5.37. The molecular weight excluding hydrogens is 402 g/mol. The molecule has 0 aromatic heterocycles. The van der Waals surface area contributed by atoms with E-state index in [1.807, 2.05) is 80.5 Å². The highest BCUT2D eigenvalue weighted by Crippen LogP contribution is 2.38. The highest BCUT2D eigenvalue weighted by atomic mass is 16.5. The molecule has 0 unspecified atom stereocenters. The molecule has 1 aliphatic rings. The number of nitrogens with zero attached hydrogens (tertiary/aromatic N) is 2. The number of amides is 2. The molecule has 32 heavy (non-hydrogen) atoms. The number of carbonyl (C=O) groups excluding carboxylic acids is 2. The van der Waals surface area contributed by atoms with E-state index in [0.717, 1.165) is 16.9 Å². The van der Waals surface area contributed by atoms with Crippen LogP contribution in [0.4, 0.5) is 17.1 Å². The molecular formula is C26H25N3O3. The summed E-state index contributed by atoms with van der Waals surface area (Å²) in [6.45, 7) is 1.97. The van der Waals surface area contributed by atoms with E-state index in [1.165, 1.54) is 4.90 Å². The van der Waals surface area contributed by atoms with Crippen molar-refractivity contribution in [2.24, 2.45) is 0 Å². The van der Waals surface area contributed by atoms with E-state index in [1.54, 1.807) is 25.3 Å². The van der Waals surface area contributed by atoms with Crippen molar-refractivity contribution in [2.75, 3.05) is 36.3 Å². The Kier molecular flexibility index (Phi) is 5.69. The van der Waals surface area contributed by atoms with Crippen LogP contribution in [0.3, 0.4) is 0 Å². The predicted octanol–water partition coefficient (Wildman–Crippen LogP) is 4.47. The highest BCUT2D eigenvalue weighted by molar-refractivity contribution is 6.46. The summed E-state index contributed by atoms with van der Waals surface area (Å²) >= 11 is 0. The molecule has 0 atom stereocenters. The third-order valence-electron chi connectivity index (χ3n) is 5.35. The van der Waals surface area contributed by atoms with Gasteiger partial charge in [-0.05, 0) is 48.9 Å². The van der Waals surface area contributed by atoms with Crippen molar-refractivity contribution in [2.45, 2.75) is 6.92 Å². The van der Waals surface area contributed by atoms with Gasteiger partial charge in [-0.2, -0.15) is 0 Å². The molecule has 0 fully saturated rings. The second kappa shape index (κ2) is 8.59. The maximum absolute atomic E-state index is 13.7. The molecule has 2 amide bonds. The molecule has 6 heteroatoms. The minimum atomic E-state index is -0.409. The van der Waals surface area contributed by atoms with Gasteiger partial charge in [0.15, 0.2) is 0 Å². The van der Waals surface area contributed by atoms with Crippen molar-refractivity contribution in [3.05, 3.63) is 89.6 Å². The Morgan fingerprint density at radius 1 is 0.875 bits per heavy atom. The van der Waals surface area contributed by atoms with Crippen LogP contribution in [-0.2, 0) is 9.59 Å². The summed E-state index contributed by atoms with van der Waals surface area (Å²) in [6.07, 6.45) is 0. The molecule has 3 aromatic rings. The average molecular weight is 428 g/mol. The number of rotatable bonds is 6. The smallest absolute Gasteiger partial charge is 0.282 e. The highest BCUT2D eigenvalue weighted by Gasteiger charge is 2.41. The number of imide groups is 1. The van der Waals surface area contributed by atoms with Crippen LogP contribution in [0.25, 0.3) is 5.57 Å². The molecule has 0 radical (unpaired) electrons. The van der Waals surface area contributed by atoms with Gasteiger partial charge in [0.25, 0.3) is 11.8 Å². The summed E-state index contributed by atoms with van der Waals surface area (Å²) in [5, 5.41) is 3.20. The number of hydrogen-bond acceptors (Lipinski definition) is 5. The maximum atomic E-state index is 13.7. The van der Waals surface area contributed by atoms with Crippen LogP contribution >= 0.6 is 0 Å². The van der Waals surface area contributed by atoms with E-state index in [9.17, 15) is 9.59 Å². The molecule has 0 saturated carbocycles. The van der Waals surface area contributed by atoms with Gasteiger partial charge in [-0.3, -0.25) is 9.59 Å². The van der Waals surface area contributed by atoms with E-state index in [2.05, 4.69) is 5.32 Å². The zero-order chi connectivity index (χ0) is 22.8. The van der Waals surface area contributed by atoms with Gasteiger partial charge in [0.2, 0.25) is 0 Å². The monoisotopic (exact) mass is 427 g/mol. The molecule has 1 aliphatic heterocycles. The lowest BCUT2D eigenvalue weighted by Gasteiger charge is -2.19.